The molecular formula is C13H16ClN3O2. The molecule has 1 aliphatic heterocycles. The Morgan fingerprint density at radius 3 is 2.74 bits per heavy atom. The molecule has 1 aromatic carbocycles. The average Bonchev–Trinajstić information content (AvgIpc) is 2.90. The van der Waals surface area contributed by atoms with Crippen LogP contribution in [0.5, 0.6) is 0 Å². The lowest BCUT2D eigenvalue weighted by Gasteiger charge is -2.19. The summed E-state index contributed by atoms with van der Waals surface area (Å²) < 4.78 is 10.8. The van der Waals surface area contributed by atoms with Crippen molar-refractivity contribution in [3.63, 3.8) is 0 Å². The molecule has 1 atom stereocenters. The third kappa shape index (κ3) is 3.12. The molecule has 1 aromatic heterocycles. The maximum Gasteiger partial charge on any atom is 0.257 e. The quantitative estimate of drug-likeness (QED) is 0.914. The third-order valence-corrected chi connectivity index (χ3v) is 2.95. The number of rotatable bonds is 2. The molecular weight excluding hydrogens is 266 g/mol. The fraction of sp³-hybridized carbons (Fsp3) is 0.385. The van der Waals surface area contributed by atoms with E-state index in [9.17, 15) is 0 Å². The summed E-state index contributed by atoms with van der Waals surface area (Å²) in [5.74, 6) is 1.15. The van der Waals surface area contributed by atoms with E-state index in [1.54, 1.807) is 0 Å². The van der Waals surface area contributed by atoms with Crippen LogP contribution in [0.25, 0.3) is 11.4 Å². The van der Waals surface area contributed by atoms with Crippen molar-refractivity contribution < 1.29 is 9.26 Å². The second-order valence-corrected chi connectivity index (χ2v) is 4.39. The number of halogens is 1. The lowest BCUT2D eigenvalue weighted by molar-refractivity contribution is 0.00755. The summed E-state index contributed by atoms with van der Waals surface area (Å²) in [6.45, 7) is 4.31. The molecule has 2 aromatic rings. The summed E-state index contributed by atoms with van der Waals surface area (Å²) in [6, 6.07) is 8.04. The average molecular weight is 282 g/mol. The van der Waals surface area contributed by atoms with Crippen molar-refractivity contribution in [2.45, 2.75) is 13.0 Å². The highest BCUT2D eigenvalue weighted by Gasteiger charge is 2.22. The summed E-state index contributed by atoms with van der Waals surface area (Å²) >= 11 is 0. The van der Waals surface area contributed by atoms with E-state index in [1.807, 2.05) is 31.2 Å². The van der Waals surface area contributed by atoms with Gasteiger partial charge in [-0.05, 0) is 6.92 Å². The van der Waals surface area contributed by atoms with Gasteiger partial charge in [-0.1, -0.05) is 35.0 Å². The molecule has 6 heteroatoms. The largest absolute Gasteiger partial charge is 0.366 e. The van der Waals surface area contributed by atoms with E-state index in [2.05, 4.69) is 15.5 Å². The van der Waals surface area contributed by atoms with Gasteiger partial charge in [0.1, 0.15) is 6.10 Å². The topological polar surface area (TPSA) is 60.2 Å². The van der Waals surface area contributed by atoms with Crippen LogP contribution in [-0.4, -0.2) is 29.8 Å². The first-order valence-corrected chi connectivity index (χ1v) is 6.06. The van der Waals surface area contributed by atoms with Crippen molar-refractivity contribution in [2.75, 3.05) is 19.7 Å². The maximum absolute atomic E-state index is 5.57. The first-order valence-electron chi connectivity index (χ1n) is 6.06. The van der Waals surface area contributed by atoms with Crippen LogP contribution < -0.4 is 5.32 Å². The van der Waals surface area contributed by atoms with Gasteiger partial charge in [-0.25, -0.2) is 0 Å². The highest BCUT2D eigenvalue weighted by atomic mass is 35.5. The van der Waals surface area contributed by atoms with E-state index < -0.39 is 0 Å². The lowest BCUT2D eigenvalue weighted by atomic mass is 10.1. The van der Waals surface area contributed by atoms with Gasteiger partial charge in [0.25, 0.3) is 5.89 Å². The van der Waals surface area contributed by atoms with Crippen LogP contribution in [0.3, 0.4) is 0 Å². The summed E-state index contributed by atoms with van der Waals surface area (Å²) in [4.78, 5) is 4.39. The van der Waals surface area contributed by atoms with Gasteiger partial charge in [0.2, 0.25) is 5.82 Å². The molecule has 1 N–H and O–H groups in total. The van der Waals surface area contributed by atoms with Crippen LogP contribution >= 0.6 is 12.4 Å². The van der Waals surface area contributed by atoms with E-state index >= 15 is 0 Å². The zero-order valence-corrected chi connectivity index (χ0v) is 11.4. The second kappa shape index (κ2) is 6.14. The zero-order valence-electron chi connectivity index (χ0n) is 10.6. The molecule has 0 bridgehead atoms. The number of hydrogen-bond acceptors (Lipinski definition) is 5. The van der Waals surface area contributed by atoms with Gasteiger partial charge in [-0.3, -0.25) is 0 Å². The van der Waals surface area contributed by atoms with E-state index in [-0.39, 0.29) is 18.5 Å². The van der Waals surface area contributed by atoms with Crippen LogP contribution in [-0.2, 0) is 4.74 Å². The van der Waals surface area contributed by atoms with Crippen LogP contribution in [0, 0.1) is 6.92 Å². The van der Waals surface area contributed by atoms with Crippen molar-refractivity contribution in [1.82, 2.24) is 15.5 Å². The monoisotopic (exact) mass is 281 g/mol. The molecule has 0 aliphatic carbocycles. The molecule has 2 heterocycles. The molecule has 102 valence electrons. The number of aryl methyl sites for hydroxylation is 1. The Hall–Kier alpha value is -1.43. The zero-order chi connectivity index (χ0) is 12.4. The van der Waals surface area contributed by atoms with Gasteiger partial charge >= 0.3 is 0 Å². The predicted molar refractivity (Wildman–Crippen MR) is 73.3 cm³/mol. The number of morpholine rings is 1. The molecule has 0 saturated carbocycles. The lowest BCUT2D eigenvalue weighted by Crippen LogP contribution is -2.33. The minimum atomic E-state index is -0.134. The standard InChI is InChI=1S/C13H15N3O2.ClH/c1-9-2-4-10(5-3-9)12-15-13(18-16-12)11-8-14-6-7-17-11;/h2-5,11,14H,6-8H2,1H3;1H. The number of nitrogens with zero attached hydrogens (tertiary/aromatic N) is 2. The summed E-state index contributed by atoms with van der Waals surface area (Å²) in [5.41, 5.74) is 2.17. The molecule has 0 radical (unpaired) electrons. The van der Waals surface area contributed by atoms with E-state index in [0.29, 0.717) is 18.3 Å². The number of ether oxygens (including phenoxy) is 1. The number of nitrogens with one attached hydrogen (secondary N) is 1. The summed E-state index contributed by atoms with van der Waals surface area (Å²) in [5, 5.41) is 7.23. The molecule has 1 unspecified atom stereocenters. The first kappa shape index (κ1) is 14.0. The molecule has 0 amide bonds. The van der Waals surface area contributed by atoms with Crippen molar-refractivity contribution in [3.8, 4) is 11.4 Å². The minimum absolute atomic E-state index is 0. The van der Waals surface area contributed by atoms with Crippen molar-refractivity contribution in [2.24, 2.45) is 0 Å². The Bertz CT molecular complexity index is 521. The Morgan fingerprint density at radius 2 is 2.05 bits per heavy atom. The van der Waals surface area contributed by atoms with Gasteiger partial charge in [-0.2, -0.15) is 4.98 Å². The Balaban J connectivity index is 0.00000133. The fourth-order valence-electron chi connectivity index (χ4n) is 1.91. The van der Waals surface area contributed by atoms with Gasteiger partial charge in [0.15, 0.2) is 0 Å². The summed E-state index contributed by atoms with van der Waals surface area (Å²) in [6.07, 6.45) is -0.134. The predicted octanol–water partition coefficient (Wildman–Crippen LogP) is 2.13. The smallest absolute Gasteiger partial charge is 0.257 e. The molecule has 19 heavy (non-hydrogen) atoms. The number of hydrogen-bond donors (Lipinski definition) is 1. The van der Waals surface area contributed by atoms with Crippen LogP contribution in [0.1, 0.15) is 17.6 Å². The highest BCUT2D eigenvalue weighted by Crippen LogP contribution is 2.21. The van der Waals surface area contributed by atoms with Gasteiger partial charge in [0.05, 0.1) is 6.61 Å². The highest BCUT2D eigenvalue weighted by molar-refractivity contribution is 5.85. The molecule has 1 aliphatic rings. The molecule has 1 saturated heterocycles. The third-order valence-electron chi connectivity index (χ3n) is 2.95. The normalized spacial score (nSPS) is 18.9. The fourth-order valence-corrected chi connectivity index (χ4v) is 1.91. The summed E-state index contributed by atoms with van der Waals surface area (Å²) in [7, 11) is 0. The van der Waals surface area contributed by atoms with Crippen LogP contribution in [0.4, 0.5) is 0 Å². The van der Waals surface area contributed by atoms with Crippen molar-refractivity contribution >= 4 is 12.4 Å². The van der Waals surface area contributed by atoms with Gasteiger partial charge in [0, 0.05) is 18.7 Å². The van der Waals surface area contributed by atoms with Crippen LogP contribution in [0.2, 0.25) is 0 Å². The maximum atomic E-state index is 5.57. The van der Waals surface area contributed by atoms with E-state index in [4.69, 9.17) is 9.26 Å². The second-order valence-electron chi connectivity index (χ2n) is 4.39. The van der Waals surface area contributed by atoms with E-state index in [1.165, 1.54) is 5.56 Å². The Kier molecular flexibility index (Phi) is 4.52. The molecule has 5 nitrogen and oxygen atoms in total. The molecule has 0 spiro atoms. The van der Waals surface area contributed by atoms with Crippen molar-refractivity contribution in [3.05, 3.63) is 35.7 Å². The SMILES string of the molecule is Cc1ccc(-c2noc(C3CNCCO3)n2)cc1.Cl. The molecule has 3 rings (SSSR count). The van der Waals surface area contributed by atoms with Gasteiger partial charge in [-0.15, -0.1) is 12.4 Å². The molecule has 1 fully saturated rings. The Morgan fingerprint density at radius 1 is 1.26 bits per heavy atom. The minimum Gasteiger partial charge on any atom is -0.366 e. The van der Waals surface area contributed by atoms with E-state index in [0.717, 1.165) is 18.7 Å². The van der Waals surface area contributed by atoms with Crippen molar-refractivity contribution in [1.29, 1.82) is 0 Å². The van der Waals surface area contributed by atoms with Gasteiger partial charge < -0.3 is 14.6 Å². The Labute approximate surface area is 117 Å². The van der Waals surface area contributed by atoms with Crippen LogP contribution in [0.15, 0.2) is 28.8 Å². The first-order chi connectivity index (χ1) is 8.83. The number of benzene rings is 1. The number of aromatic nitrogens is 2.